The fraction of sp³-hybridized carbons (Fsp3) is 0.641. The van der Waals surface area contributed by atoms with Crippen LogP contribution in [0.5, 0.6) is 0 Å². The van der Waals surface area contributed by atoms with Gasteiger partial charge in [-0.25, -0.2) is 0 Å². The molecule has 2 aromatic rings. The second-order valence-corrected chi connectivity index (χ2v) is 16.7. The van der Waals surface area contributed by atoms with Gasteiger partial charge in [-0.05, 0) is 0 Å². The summed E-state index contributed by atoms with van der Waals surface area (Å²) in [4.78, 5) is 28.3. The van der Waals surface area contributed by atoms with Gasteiger partial charge >= 0.3 is 257 Å². The molecule has 3 saturated heterocycles. The number of ether oxygens (including phenoxy) is 9. The van der Waals surface area contributed by atoms with Crippen molar-refractivity contribution < 1.29 is 52.2 Å². The number of carbonyl (C=O) groups is 2. The molecular weight excluding hydrogens is 737 g/mol. The Kier molecular flexibility index (Phi) is 14.3. The molecule has 13 heteroatoms. The number of benzene rings is 2. The van der Waals surface area contributed by atoms with E-state index in [-0.39, 0.29) is 51.9 Å². The van der Waals surface area contributed by atoms with Gasteiger partial charge in [0.1, 0.15) is 0 Å². The fourth-order valence-corrected chi connectivity index (χ4v) is 10.0. The number of methoxy groups -OCH3 is 4. The summed E-state index contributed by atoms with van der Waals surface area (Å²) < 4.78 is 56.1. The molecule has 3 fully saturated rings. The minimum absolute atomic E-state index is 0.112. The van der Waals surface area contributed by atoms with Crippen molar-refractivity contribution in [2.24, 2.45) is 17.3 Å². The minimum atomic E-state index is -1.58. The maximum absolute atomic E-state index is 14.7. The zero-order valence-electron chi connectivity index (χ0n) is 31.5. The van der Waals surface area contributed by atoms with Gasteiger partial charge in [-0.15, -0.1) is 0 Å². The number of esters is 1. The van der Waals surface area contributed by atoms with Crippen LogP contribution < -0.4 is 9.78 Å². The standard InChI is InChI=1S/C39H55NO11Se/c1-24-25(2)51-39(46-8,20-27(24)22-52-29-17-13-10-14-18-29)34(50-37(42)26-15-11-9-12-16-26)35(41)40-36-32-31(47-23-48-36)33(45-7)38(3,4)30(49-32)19-28(44-6)21-43-5/h9-18,24-25,27-28,30-34,36H,19-23H2,1-8H3,(H,40,41)/t24-,25+,27-,28-,30+,31-,32-,33+,34+,36-,39+/m0/s1. The van der Waals surface area contributed by atoms with Crippen molar-refractivity contribution in [2.75, 3.05) is 41.8 Å². The van der Waals surface area contributed by atoms with Crippen LogP contribution in [0, 0.1) is 17.3 Å². The summed E-state index contributed by atoms with van der Waals surface area (Å²) in [7, 11) is 6.39. The number of rotatable bonds is 15. The first-order valence-corrected chi connectivity index (χ1v) is 19.9. The van der Waals surface area contributed by atoms with E-state index in [4.69, 9.17) is 42.6 Å². The number of fused-ring (bicyclic) bond motifs is 1. The van der Waals surface area contributed by atoms with Crippen molar-refractivity contribution in [1.29, 1.82) is 0 Å². The van der Waals surface area contributed by atoms with Crippen LogP contribution in [-0.4, -0.2) is 123 Å². The summed E-state index contributed by atoms with van der Waals surface area (Å²) in [6.45, 7) is 8.52. The van der Waals surface area contributed by atoms with Crippen molar-refractivity contribution in [3.8, 4) is 0 Å². The van der Waals surface area contributed by atoms with Gasteiger partial charge in [-0.3, -0.25) is 0 Å². The van der Waals surface area contributed by atoms with E-state index in [9.17, 15) is 9.59 Å². The third kappa shape index (κ3) is 9.09. The summed E-state index contributed by atoms with van der Waals surface area (Å²) >= 11 is 0.172. The van der Waals surface area contributed by atoms with E-state index < -0.39 is 53.7 Å². The van der Waals surface area contributed by atoms with Gasteiger partial charge in [-0.2, -0.15) is 0 Å². The molecule has 5 rings (SSSR count). The molecule has 12 nitrogen and oxygen atoms in total. The zero-order valence-corrected chi connectivity index (χ0v) is 33.2. The second-order valence-electron chi connectivity index (χ2n) is 14.4. The first-order chi connectivity index (χ1) is 25.0. The quantitative estimate of drug-likeness (QED) is 0.209. The normalized spacial score (nSPS) is 32.6. The number of amides is 1. The summed E-state index contributed by atoms with van der Waals surface area (Å²) in [6.07, 6.45) is -4.30. The molecule has 0 bridgehead atoms. The Balaban J connectivity index is 1.44. The molecule has 0 spiro atoms. The van der Waals surface area contributed by atoms with Crippen molar-refractivity contribution in [3.05, 3.63) is 66.2 Å². The Morgan fingerprint density at radius 2 is 1.65 bits per heavy atom. The van der Waals surface area contributed by atoms with Gasteiger partial charge < -0.3 is 9.47 Å². The maximum atomic E-state index is 14.7. The molecule has 3 aliphatic heterocycles. The number of hydrogen-bond acceptors (Lipinski definition) is 11. The molecule has 11 atom stereocenters. The first kappa shape index (κ1) is 40.8. The Morgan fingerprint density at radius 1 is 0.962 bits per heavy atom. The monoisotopic (exact) mass is 793 g/mol. The molecule has 3 heterocycles. The van der Waals surface area contributed by atoms with Crippen molar-refractivity contribution >= 4 is 31.3 Å². The van der Waals surface area contributed by atoms with Crippen LogP contribution >= 0.6 is 0 Å². The van der Waals surface area contributed by atoms with Gasteiger partial charge in [0, 0.05) is 21.3 Å². The van der Waals surface area contributed by atoms with E-state index in [1.54, 1.807) is 51.7 Å². The van der Waals surface area contributed by atoms with Gasteiger partial charge in [0.2, 0.25) is 0 Å². The summed E-state index contributed by atoms with van der Waals surface area (Å²) in [5, 5.41) is 3.89. The van der Waals surface area contributed by atoms with Crippen molar-refractivity contribution in [3.63, 3.8) is 0 Å². The molecule has 1 amide bonds. The molecule has 288 valence electrons. The van der Waals surface area contributed by atoms with Crippen LogP contribution in [0.2, 0.25) is 5.32 Å². The van der Waals surface area contributed by atoms with E-state index >= 15 is 0 Å². The van der Waals surface area contributed by atoms with Crippen LogP contribution in [0.1, 0.15) is 50.9 Å². The van der Waals surface area contributed by atoms with Crippen LogP contribution in [-0.2, 0) is 47.4 Å². The van der Waals surface area contributed by atoms with Crippen LogP contribution in [0.3, 0.4) is 0 Å². The Bertz CT molecular complexity index is 1430. The Morgan fingerprint density at radius 3 is 2.29 bits per heavy atom. The Labute approximate surface area is 313 Å². The smallest absolute Gasteiger partial charge is 0.379 e. The molecule has 0 saturated carbocycles. The van der Waals surface area contributed by atoms with Gasteiger partial charge in [-0.1, -0.05) is 13.8 Å². The molecule has 3 aliphatic rings. The van der Waals surface area contributed by atoms with E-state index in [0.717, 1.165) is 5.32 Å². The molecule has 0 aromatic heterocycles. The fourth-order valence-electron chi connectivity index (χ4n) is 7.56. The minimum Gasteiger partial charge on any atom is -0.379 e. The number of nitrogens with one attached hydrogen (secondary N) is 1. The van der Waals surface area contributed by atoms with E-state index in [2.05, 4.69) is 38.2 Å². The predicted molar refractivity (Wildman–Crippen MR) is 193 cm³/mol. The predicted octanol–water partition coefficient (Wildman–Crippen LogP) is 3.74. The summed E-state index contributed by atoms with van der Waals surface area (Å²) in [5.41, 5.74) is -0.207. The van der Waals surface area contributed by atoms with E-state index in [1.165, 1.54) is 11.6 Å². The third-order valence-electron chi connectivity index (χ3n) is 10.9. The molecule has 0 aliphatic carbocycles. The second kappa shape index (κ2) is 18.3. The number of carbonyl (C=O) groups excluding carboxylic acids is 2. The summed E-state index contributed by atoms with van der Waals surface area (Å²) in [5.74, 6) is -2.62. The van der Waals surface area contributed by atoms with Gasteiger partial charge in [0.05, 0.1) is 12.7 Å². The zero-order chi connectivity index (χ0) is 37.5. The molecule has 52 heavy (non-hydrogen) atoms. The average Bonchev–Trinajstić information content (AvgIpc) is 3.15. The first-order valence-electron chi connectivity index (χ1n) is 17.9. The average molecular weight is 793 g/mol. The number of hydrogen-bond donors (Lipinski definition) is 1. The Hall–Kier alpha value is -2.42. The molecule has 1 N–H and O–H groups in total. The molecule has 0 radical (unpaired) electrons. The van der Waals surface area contributed by atoms with Crippen LogP contribution in [0.25, 0.3) is 0 Å². The SMILES string of the molecule is COC[C@H](C[C@H]1O[C@H]2[C@H](OCO[C@@H]2NC(=O)[C@@H](OC(=O)c2ccccc2)[C@@]2(OC)C[C@@H](C[Se]c3ccccc3)[C@@H](C)[C@@H](C)O2)[C@@H](OC)C1(C)C)OC. The van der Waals surface area contributed by atoms with Gasteiger partial charge in [0.15, 0.2) is 0 Å². The molecule has 0 unspecified atom stereocenters. The van der Waals surface area contributed by atoms with Crippen LogP contribution in [0.15, 0.2) is 60.7 Å². The molecular formula is C39H55NO11Se. The topological polar surface area (TPSA) is 129 Å². The van der Waals surface area contributed by atoms with Crippen LogP contribution in [0.4, 0.5) is 0 Å². The van der Waals surface area contributed by atoms with E-state index in [1.807, 2.05) is 25.1 Å². The van der Waals surface area contributed by atoms with Crippen molar-refractivity contribution in [1.82, 2.24) is 5.32 Å². The molecule has 2 aromatic carbocycles. The van der Waals surface area contributed by atoms with E-state index in [0.29, 0.717) is 25.0 Å². The van der Waals surface area contributed by atoms with Crippen molar-refractivity contribution in [2.45, 2.75) is 101 Å². The summed E-state index contributed by atoms with van der Waals surface area (Å²) in [6, 6.07) is 18.9. The van der Waals surface area contributed by atoms with Gasteiger partial charge in [0.25, 0.3) is 0 Å². The third-order valence-corrected chi connectivity index (χ3v) is 13.4.